The summed E-state index contributed by atoms with van der Waals surface area (Å²) in [4.78, 5) is 0. The van der Waals surface area contributed by atoms with Crippen LogP contribution in [0.1, 0.15) is 11.3 Å². The number of hydrogen-bond donors (Lipinski definition) is 2. The monoisotopic (exact) mass is 278 g/mol. The van der Waals surface area contributed by atoms with Crippen LogP contribution in [0.2, 0.25) is 0 Å². The first kappa shape index (κ1) is 14.1. The van der Waals surface area contributed by atoms with Crippen molar-refractivity contribution < 1.29 is 0 Å². The molecule has 1 aromatic heterocycles. The Bertz CT molecular complexity index is 742. The van der Waals surface area contributed by atoms with Gasteiger partial charge in [-0.15, -0.1) is 5.10 Å². The molecule has 0 saturated heterocycles. The summed E-state index contributed by atoms with van der Waals surface area (Å²) in [6.07, 6.45) is 7.00. The molecular formula is C15H14N6. The molecule has 0 fully saturated rings. The van der Waals surface area contributed by atoms with Gasteiger partial charge in [0.2, 0.25) is 5.96 Å². The van der Waals surface area contributed by atoms with E-state index in [0.717, 1.165) is 11.4 Å². The topological polar surface area (TPSA) is 105 Å². The highest BCUT2D eigenvalue weighted by Gasteiger charge is 2.01. The van der Waals surface area contributed by atoms with Crippen molar-refractivity contribution in [2.75, 3.05) is 0 Å². The second-order valence-corrected chi connectivity index (χ2v) is 4.11. The van der Waals surface area contributed by atoms with Crippen molar-refractivity contribution in [3.8, 4) is 11.8 Å². The summed E-state index contributed by atoms with van der Waals surface area (Å²) in [7, 11) is 0. The van der Waals surface area contributed by atoms with Crippen LogP contribution in [0.15, 0.2) is 58.9 Å². The molecule has 0 radical (unpaired) electrons. The van der Waals surface area contributed by atoms with E-state index >= 15 is 0 Å². The molecule has 6 nitrogen and oxygen atoms in total. The predicted molar refractivity (Wildman–Crippen MR) is 83.8 cm³/mol. The number of aromatic nitrogens is 1. The number of nitriles is 1. The number of allylic oxidation sites excluding steroid dienone is 1. The highest BCUT2D eigenvalue weighted by atomic mass is 15.3. The summed E-state index contributed by atoms with van der Waals surface area (Å²) in [5, 5.41) is 16.1. The van der Waals surface area contributed by atoms with Gasteiger partial charge in [-0.05, 0) is 42.5 Å². The molecule has 0 atom stereocenters. The first-order valence-electron chi connectivity index (χ1n) is 6.17. The Balaban J connectivity index is 2.23. The van der Waals surface area contributed by atoms with Crippen LogP contribution >= 0.6 is 0 Å². The van der Waals surface area contributed by atoms with Gasteiger partial charge in [0.05, 0.1) is 11.6 Å². The standard InChI is InChI=1S/C15H14N6/c16-11-12-4-1-5-14(10-12)21-9-3-7-13(21)6-2-8-19-20-15(17)18/h1-10H,(H4,17,18,20)/b6-2+,19-8+. The maximum atomic E-state index is 8.95. The normalized spacial score (nSPS) is 10.8. The van der Waals surface area contributed by atoms with Gasteiger partial charge < -0.3 is 16.0 Å². The molecule has 104 valence electrons. The van der Waals surface area contributed by atoms with Crippen LogP contribution in [0, 0.1) is 11.3 Å². The van der Waals surface area contributed by atoms with Crippen molar-refractivity contribution in [1.82, 2.24) is 4.57 Å². The molecule has 0 bridgehead atoms. The number of benzene rings is 1. The predicted octanol–water partition coefficient (Wildman–Crippen LogP) is 1.62. The summed E-state index contributed by atoms with van der Waals surface area (Å²) in [5.74, 6) is -0.0867. The molecule has 0 aliphatic heterocycles. The summed E-state index contributed by atoms with van der Waals surface area (Å²) >= 11 is 0. The zero-order valence-electron chi connectivity index (χ0n) is 11.2. The average molecular weight is 278 g/mol. The van der Waals surface area contributed by atoms with E-state index in [1.165, 1.54) is 6.21 Å². The van der Waals surface area contributed by atoms with Gasteiger partial charge in [0, 0.05) is 23.8 Å². The molecule has 21 heavy (non-hydrogen) atoms. The van der Waals surface area contributed by atoms with Crippen molar-refractivity contribution in [2.24, 2.45) is 21.7 Å². The van der Waals surface area contributed by atoms with E-state index in [9.17, 15) is 0 Å². The Morgan fingerprint density at radius 2 is 2.10 bits per heavy atom. The molecule has 1 aromatic carbocycles. The lowest BCUT2D eigenvalue weighted by Crippen LogP contribution is -2.21. The second-order valence-electron chi connectivity index (χ2n) is 4.11. The number of nitrogens with zero attached hydrogens (tertiary/aromatic N) is 4. The lowest BCUT2D eigenvalue weighted by molar-refractivity contribution is 1.06. The van der Waals surface area contributed by atoms with Crippen LogP contribution in [0.4, 0.5) is 0 Å². The smallest absolute Gasteiger partial charge is 0.211 e. The van der Waals surface area contributed by atoms with Crippen LogP contribution in [0.5, 0.6) is 0 Å². The Hall–Kier alpha value is -3.33. The van der Waals surface area contributed by atoms with Gasteiger partial charge >= 0.3 is 0 Å². The number of nitrogens with two attached hydrogens (primary N) is 2. The Morgan fingerprint density at radius 1 is 1.24 bits per heavy atom. The number of rotatable bonds is 4. The molecule has 0 unspecified atom stereocenters. The van der Waals surface area contributed by atoms with Crippen LogP contribution < -0.4 is 11.5 Å². The fourth-order valence-electron chi connectivity index (χ4n) is 1.77. The zero-order chi connectivity index (χ0) is 15.1. The molecule has 2 rings (SSSR count). The summed E-state index contributed by atoms with van der Waals surface area (Å²) in [6.45, 7) is 0. The second kappa shape index (κ2) is 6.73. The van der Waals surface area contributed by atoms with E-state index in [2.05, 4.69) is 16.3 Å². The van der Waals surface area contributed by atoms with Crippen molar-refractivity contribution >= 4 is 18.3 Å². The first-order valence-corrected chi connectivity index (χ1v) is 6.17. The summed E-state index contributed by atoms with van der Waals surface area (Å²) < 4.78 is 1.96. The molecule has 2 aromatic rings. The van der Waals surface area contributed by atoms with Gasteiger partial charge in [0.15, 0.2) is 0 Å². The molecule has 0 spiro atoms. The molecule has 0 amide bonds. The Morgan fingerprint density at radius 3 is 2.86 bits per heavy atom. The minimum atomic E-state index is -0.0867. The number of guanidine groups is 1. The SMILES string of the molecule is N#Cc1cccc(-n2cccc2/C=C/C=N/N=C(N)N)c1. The lowest BCUT2D eigenvalue weighted by Gasteiger charge is -2.06. The van der Waals surface area contributed by atoms with Crippen molar-refractivity contribution in [3.63, 3.8) is 0 Å². The van der Waals surface area contributed by atoms with Gasteiger partial charge in [0.1, 0.15) is 0 Å². The largest absolute Gasteiger partial charge is 0.369 e. The van der Waals surface area contributed by atoms with Gasteiger partial charge in [-0.25, -0.2) is 0 Å². The van der Waals surface area contributed by atoms with Crippen LogP contribution in [-0.4, -0.2) is 16.7 Å². The third-order valence-electron chi connectivity index (χ3n) is 2.63. The van der Waals surface area contributed by atoms with E-state index in [0.29, 0.717) is 5.56 Å². The van der Waals surface area contributed by atoms with Gasteiger partial charge in [-0.1, -0.05) is 6.07 Å². The van der Waals surface area contributed by atoms with Crippen LogP contribution in [0.3, 0.4) is 0 Å². The highest BCUT2D eigenvalue weighted by Crippen LogP contribution is 2.15. The quantitative estimate of drug-likeness (QED) is 0.504. The highest BCUT2D eigenvalue weighted by molar-refractivity contribution is 5.80. The van der Waals surface area contributed by atoms with Crippen molar-refractivity contribution in [3.05, 3.63) is 59.9 Å². The van der Waals surface area contributed by atoms with Gasteiger partial charge in [-0.3, -0.25) is 0 Å². The maximum absolute atomic E-state index is 8.95. The molecule has 0 saturated carbocycles. The third-order valence-corrected chi connectivity index (χ3v) is 2.63. The minimum absolute atomic E-state index is 0.0867. The van der Waals surface area contributed by atoms with Gasteiger partial charge in [-0.2, -0.15) is 10.4 Å². The van der Waals surface area contributed by atoms with E-state index in [4.69, 9.17) is 16.7 Å². The van der Waals surface area contributed by atoms with E-state index in [1.807, 2.05) is 47.2 Å². The average Bonchev–Trinajstić information content (AvgIpc) is 2.95. The minimum Gasteiger partial charge on any atom is -0.369 e. The third kappa shape index (κ3) is 3.81. The maximum Gasteiger partial charge on any atom is 0.211 e. The molecule has 0 aliphatic carbocycles. The first-order chi connectivity index (χ1) is 10.2. The van der Waals surface area contributed by atoms with Crippen molar-refractivity contribution in [1.29, 1.82) is 5.26 Å². The lowest BCUT2D eigenvalue weighted by atomic mass is 10.2. The molecule has 0 aliphatic rings. The van der Waals surface area contributed by atoms with Gasteiger partial charge in [0.25, 0.3) is 0 Å². The molecule has 6 heteroatoms. The zero-order valence-corrected chi connectivity index (χ0v) is 11.2. The summed E-state index contributed by atoms with van der Waals surface area (Å²) in [6, 6.07) is 13.4. The molecule has 1 heterocycles. The fraction of sp³-hybridized carbons (Fsp3) is 0. The van der Waals surface area contributed by atoms with Crippen LogP contribution in [0.25, 0.3) is 11.8 Å². The van der Waals surface area contributed by atoms with Crippen molar-refractivity contribution in [2.45, 2.75) is 0 Å². The van der Waals surface area contributed by atoms with E-state index in [-0.39, 0.29) is 5.96 Å². The Labute approximate surface area is 122 Å². The van der Waals surface area contributed by atoms with Crippen LogP contribution in [-0.2, 0) is 0 Å². The molecule has 4 N–H and O–H groups in total. The fourth-order valence-corrected chi connectivity index (χ4v) is 1.77. The van der Waals surface area contributed by atoms with E-state index in [1.54, 1.807) is 12.1 Å². The van der Waals surface area contributed by atoms with E-state index < -0.39 is 0 Å². The summed E-state index contributed by atoms with van der Waals surface area (Å²) in [5.41, 5.74) is 12.8. The molecular weight excluding hydrogens is 264 g/mol. The number of hydrogen-bond acceptors (Lipinski definition) is 3. The Kier molecular flexibility index (Phi) is 4.51.